The van der Waals surface area contributed by atoms with E-state index in [2.05, 4.69) is 15.0 Å². The molecular formula is C16H15ClN5O2-. The summed E-state index contributed by atoms with van der Waals surface area (Å²) in [5.74, 6) is 1.70. The summed E-state index contributed by atoms with van der Waals surface area (Å²) in [6, 6.07) is 3.27. The summed E-state index contributed by atoms with van der Waals surface area (Å²) < 4.78 is 10.7. The lowest BCUT2D eigenvalue weighted by molar-refractivity contribution is 0.393. The van der Waals surface area contributed by atoms with Gasteiger partial charge in [0, 0.05) is 22.6 Å². The minimum atomic E-state index is 0.0429. The Bertz CT molecular complexity index is 917. The van der Waals surface area contributed by atoms with Gasteiger partial charge in [0.1, 0.15) is 17.3 Å². The first kappa shape index (κ1) is 16.1. The third-order valence-corrected chi connectivity index (χ3v) is 4.08. The quantitative estimate of drug-likeness (QED) is 0.771. The zero-order chi connectivity index (χ0) is 17.4. The second-order valence-electron chi connectivity index (χ2n) is 5.12. The first-order chi connectivity index (χ1) is 11.5. The number of benzene rings is 1. The highest BCUT2D eigenvalue weighted by atomic mass is 35.5. The fourth-order valence-corrected chi connectivity index (χ4v) is 2.85. The van der Waals surface area contributed by atoms with Crippen LogP contribution >= 0.6 is 11.6 Å². The third-order valence-electron chi connectivity index (χ3n) is 3.71. The number of ether oxygens (including phenoxy) is 2. The van der Waals surface area contributed by atoms with Crippen LogP contribution in [0.15, 0.2) is 18.3 Å². The van der Waals surface area contributed by atoms with Crippen LogP contribution in [0.5, 0.6) is 11.5 Å². The molecule has 0 unspecified atom stereocenters. The van der Waals surface area contributed by atoms with Crippen molar-refractivity contribution in [3.05, 3.63) is 34.6 Å². The molecule has 0 aliphatic heterocycles. The predicted octanol–water partition coefficient (Wildman–Crippen LogP) is 3.94. The molecule has 2 heterocycles. The Morgan fingerprint density at radius 2 is 1.83 bits per heavy atom. The van der Waals surface area contributed by atoms with Crippen molar-refractivity contribution in [2.45, 2.75) is 6.92 Å². The fraction of sp³-hybridized carbons (Fsp3) is 0.188. The first-order valence-corrected chi connectivity index (χ1v) is 7.40. The Balaban J connectivity index is 2.33. The topological polar surface area (TPSA) is 107 Å². The lowest BCUT2D eigenvalue weighted by atomic mass is 10.1. The van der Waals surface area contributed by atoms with Crippen LogP contribution in [0.3, 0.4) is 0 Å². The number of aromatic nitrogens is 3. The first-order valence-electron chi connectivity index (χ1n) is 7.02. The van der Waals surface area contributed by atoms with Crippen molar-refractivity contribution in [1.82, 2.24) is 15.0 Å². The molecule has 0 atom stereocenters. The van der Waals surface area contributed by atoms with Crippen LogP contribution in [0.2, 0.25) is 5.02 Å². The van der Waals surface area contributed by atoms with Crippen molar-refractivity contribution in [2.24, 2.45) is 0 Å². The number of nitrogens with two attached hydrogens (primary N) is 1. The van der Waals surface area contributed by atoms with Crippen molar-refractivity contribution in [3.63, 3.8) is 0 Å². The summed E-state index contributed by atoms with van der Waals surface area (Å²) in [5.41, 5.74) is 15.6. The van der Waals surface area contributed by atoms with Crippen molar-refractivity contribution in [3.8, 4) is 22.9 Å². The minimum Gasteiger partial charge on any atom is -0.496 e. The highest BCUT2D eigenvalue weighted by molar-refractivity contribution is 6.35. The minimum absolute atomic E-state index is 0.0429. The number of rotatable bonds is 3. The van der Waals surface area contributed by atoms with Gasteiger partial charge >= 0.3 is 0 Å². The lowest BCUT2D eigenvalue weighted by Gasteiger charge is -2.19. The molecule has 7 nitrogen and oxygen atoms in total. The number of nitrogen functional groups attached to an aromatic ring is 1. The summed E-state index contributed by atoms with van der Waals surface area (Å²) in [6.07, 6.45) is 1.51. The van der Waals surface area contributed by atoms with Gasteiger partial charge < -0.3 is 25.9 Å². The number of anilines is 1. The lowest BCUT2D eigenvalue weighted by Crippen LogP contribution is -1.99. The average molecular weight is 345 g/mol. The third kappa shape index (κ3) is 2.52. The molecule has 0 fully saturated rings. The van der Waals surface area contributed by atoms with Crippen LogP contribution in [0, 0.1) is 6.92 Å². The molecule has 2 aromatic heterocycles. The zero-order valence-electron chi connectivity index (χ0n) is 13.3. The van der Waals surface area contributed by atoms with E-state index in [0.29, 0.717) is 44.6 Å². The second-order valence-corrected chi connectivity index (χ2v) is 5.50. The van der Waals surface area contributed by atoms with Gasteiger partial charge in [0.2, 0.25) is 0 Å². The Kier molecular flexibility index (Phi) is 4.02. The molecular weight excluding hydrogens is 330 g/mol. The number of nitrogens with zero attached hydrogens (tertiary/aromatic N) is 3. The van der Waals surface area contributed by atoms with Crippen molar-refractivity contribution < 1.29 is 9.47 Å². The molecule has 0 amide bonds. The van der Waals surface area contributed by atoms with Crippen molar-refractivity contribution >= 4 is 34.1 Å². The average Bonchev–Trinajstić information content (AvgIpc) is 2.56. The van der Waals surface area contributed by atoms with Crippen LogP contribution in [-0.4, -0.2) is 29.2 Å². The molecule has 0 aliphatic rings. The van der Waals surface area contributed by atoms with Crippen LogP contribution in [0.4, 0.5) is 11.6 Å². The molecule has 0 spiro atoms. The van der Waals surface area contributed by atoms with E-state index in [0.717, 1.165) is 5.56 Å². The number of halogens is 1. The molecule has 1 aromatic carbocycles. The smallest absolute Gasteiger partial charge is 0.141 e. The predicted molar refractivity (Wildman–Crippen MR) is 94.0 cm³/mol. The van der Waals surface area contributed by atoms with Gasteiger partial charge in [-0.25, -0.2) is 4.98 Å². The molecule has 24 heavy (non-hydrogen) atoms. The van der Waals surface area contributed by atoms with Crippen LogP contribution in [0.25, 0.3) is 28.0 Å². The summed E-state index contributed by atoms with van der Waals surface area (Å²) in [4.78, 5) is 12.8. The van der Waals surface area contributed by atoms with E-state index in [-0.39, 0.29) is 5.82 Å². The second kappa shape index (κ2) is 6.01. The fourth-order valence-electron chi connectivity index (χ4n) is 2.49. The van der Waals surface area contributed by atoms with Gasteiger partial charge in [-0.3, -0.25) is 4.98 Å². The van der Waals surface area contributed by atoms with Gasteiger partial charge in [-0.2, -0.15) is 0 Å². The maximum Gasteiger partial charge on any atom is 0.141 e. The van der Waals surface area contributed by atoms with E-state index < -0.39 is 0 Å². The van der Waals surface area contributed by atoms with Gasteiger partial charge in [0.15, 0.2) is 0 Å². The number of methoxy groups -OCH3 is 2. The molecule has 3 N–H and O–H groups in total. The zero-order valence-corrected chi connectivity index (χ0v) is 14.1. The van der Waals surface area contributed by atoms with E-state index in [1.54, 1.807) is 19.2 Å². The highest BCUT2D eigenvalue weighted by Crippen LogP contribution is 2.42. The number of nitrogens with one attached hydrogen (secondary N) is 1. The van der Waals surface area contributed by atoms with Crippen molar-refractivity contribution in [2.75, 3.05) is 20.0 Å². The largest absolute Gasteiger partial charge is 0.496 e. The molecule has 0 bridgehead atoms. The molecule has 3 aromatic rings. The van der Waals surface area contributed by atoms with Crippen LogP contribution in [-0.2, 0) is 0 Å². The summed E-state index contributed by atoms with van der Waals surface area (Å²) in [6.45, 7) is 1.85. The van der Waals surface area contributed by atoms with Gasteiger partial charge in [-0.05, 0) is 13.0 Å². The SMILES string of the molecule is COc1cc(OC)c(Cl)c(-c2nc([NH-])c3cc(N)ncc3n2)c1C. The normalized spacial score (nSPS) is 10.8. The van der Waals surface area contributed by atoms with E-state index >= 15 is 0 Å². The summed E-state index contributed by atoms with van der Waals surface area (Å²) in [7, 11) is 3.08. The van der Waals surface area contributed by atoms with Crippen LogP contribution in [0.1, 0.15) is 5.56 Å². The Labute approximate surface area is 143 Å². The highest BCUT2D eigenvalue weighted by Gasteiger charge is 2.17. The molecule has 124 valence electrons. The Hall–Kier alpha value is -2.80. The van der Waals surface area contributed by atoms with E-state index in [4.69, 9.17) is 32.5 Å². The molecule has 3 rings (SSSR count). The van der Waals surface area contributed by atoms with E-state index in [9.17, 15) is 0 Å². The number of fused-ring (bicyclic) bond motifs is 1. The number of pyridine rings is 1. The molecule has 8 heteroatoms. The Morgan fingerprint density at radius 3 is 2.50 bits per heavy atom. The van der Waals surface area contributed by atoms with Gasteiger partial charge in [-0.1, -0.05) is 17.4 Å². The molecule has 0 saturated carbocycles. The molecule has 0 aliphatic carbocycles. The Morgan fingerprint density at radius 1 is 1.12 bits per heavy atom. The van der Waals surface area contributed by atoms with Gasteiger partial charge in [-0.15, -0.1) is 0 Å². The van der Waals surface area contributed by atoms with Gasteiger partial charge in [0.25, 0.3) is 0 Å². The maximum atomic E-state index is 8.15. The number of hydrogen-bond acceptors (Lipinski definition) is 6. The monoisotopic (exact) mass is 344 g/mol. The molecule has 0 saturated heterocycles. The maximum absolute atomic E-state index is 8.15. The standard InChI is InChI=1S/C16H15ClN5O2/c1-7-10(23-2)5-11(24-3)14(17)13(7)16-21-9-6-20-12(18)4-8(9)15(19)22-16/h4-6H,1-3H3,(H3-,18,19,20,21,22)/q-1. The van der Waals surface area contributed by atoms with E-state index in [1.807, 2.05) is 6.92 Å². The van der Waals surface area contributed by atoms with Crippen LogP contribution < -0.4 is 15.2 Å². The van der Waals surface area contributed by atoms with Crippen molar-refractivity contribution in [1.29, 1.82) is 0 Å². The molecule has 0 radical (unpaired) electrons. The number of hydrogen-bond donors (Lipinski definition) is 1. The summed E-state index contributed by atoms with van der Waals surface area (Å²) >= 11 is 6.45. The summed E-state index contributed by atoms with van der Waals surface area (Å²) in [5, 5.41) is 0.882. The van der Waals surface area contributed by atoms with E-state index in [1.165, 1.54) is 13.3 Å². The van der Waals surface area contributed by atoms with Gasteiger partial charge in [0.05, 0.1) is 36.8 Å².